The number of fused-ring (bicyclic) bond motifs is 1. The van der Waals surface area contributed by atoms with Crippen LogP contribution in [0.4, 0.5) is 26.3 Å². The number of hydrogen-bond acceptors (Lipinski definition) is 3. The van der Waals surface area contributed by atoms with Crippen LogP contribution in [0.3, 0.4) is 0 Å². The summed E-state index contributed by atoms with van der Waals surface area (Å²) in [5, 5.41) is -0.279. The van der Waals surface area contributed by atoms with Gasteiger partial charge < -0.3 is 9.32 Å². The Labute approximate surface area is 198 Å². The lowest BCUT2D eigenvalue weighted by atomic mass is 9.90. The van der Waals surface area contributed by atoms with Crippen LogP contribution < -0.4 is 0 Å². The molecule has 0 bridgehead atoms. The quantitative estimate of drug-likeness (QED) is 0.293. The number of aromatic nitrogens is 2. The summed E-state index contributed by atoms with van der Waals surface area (Å²) in [6, 6.07) is 7.02. The van der Waals surface area contributed by atoms with E-state index in [-0.39, 0.29) is 35.4 Å². The Morgan fingerprint density at radius 1 is 1.00 bits per heavy atom. The maximum atomic E-state index is 13.8. The van der Waals surface area contributed by atoms with E-state index in [1.165, 1.54) is 41.8 Å². The first-order valence-electron chi connectivity index (χ1n) is 10.2. The molecule has 0 atom stereocenters. The van der Waals surface area contributed by atoms with E-state index in [0.717, 1.165) is 22.6 Å². The van der Waals surface area contributed by atoms with Crippen LogP contribution in [0.15, 0.2) is 59.5 Å². The number of pyridine rings is 1. The molecular weight excluding hydrogens is 500 g/mol. The van der Waals surface area contributed by atoms with Crippen molar-refractivity contribution in [1.82, 2.24) is 14.3 Å². The fourth-order valence-corrected chi connectivity index (χ4v) is 4.25. The normalized spacial score (nSPS) is 15.0. The molecule has 1 aliphatic heterocycles. The van der Waals surface area contributed by atoms with Gasteiger partial charge in [0.05, 0.1) is 23.7 Å². The van der Waals surface area contributed by atoms with Crippen LogP contribution in [0.5, 0.6) is 0 Å². The first-order chi connectivity index (χ1) is 16.4. The van der Waals surface area contributed by atoms with Crippen LogP contribution in [0.2, 0.25) is 5.15 Å². The van der Waals surface area contributed by atoms with Gasteiger partial charge in [0.25, 0.3) is 5.91 Å². The van der Waals surface area contributed by atoms with Gasteiger partial charge in [0.2, 0.25) is 0 Å². The van der Waals surface area contributed by atoms with Gasteiger partial charge in [0.1, 0.15) is 5.15 Å². The minimum absolute atomic E-state index is 0.167. The van der Waals surface area contributed by atoms with Crippen molar-refractivity contribution in [3.8, 4) is 11.1 Å². The molecule has 1 fully saturated rings. The van der Waals surface area contributed by atoms with Gasteiger partial charge in [-0.2, -0.15) is 26.3 Å². The molecule has 4 heterocycles. The standard InChI is InChI=1S/C23H14ClF6N3O2/c24-19-18(21(34)32-8-15(9-32)12-1-3-16(4-2-12)22(25,26)27)31-20-17(23(28,29)30)7-14(10-33(19)20)13-5-6-35-11-13/h1-7,10-11,15H,8-9H2. The summed E-state index contributed by atoms with van der Waals surface area (Å²) in [4.78, 5) is 18.2. The van der Waals surface area contributed by atoms with Crippen molar-refractivity contribution in [3.05, 3.63) is 82.7 Å². The Morgan fingerprint density at radius 2 is 1.69 bits per heavy atom. The number of hydrogen-bond donors (Lipinski definition) is 0. The van der Waals surface area contributed by atoms with E-state index in [1.807, 2.05) is 0 Å². The number of benzene rings is 1. The second-order valence-corrected chi connectivity index (χ2v) is 8.48. The summed E-state index contributed by atoms with van der Waals surface area (Å²) in [5.41, 5.74) is -1.53. The third-order valence-electron chi connectivity index (χ3n) is 5.90. The third-order valence-corrected chi connectivity index (χ3v) is 6.26. The molecule has 5 rings (SSSR count). The predicted octanol–water partition coefficient (Wildman–Crippen LogP) is 6.52. The van der Waals surface area contributed by atoms with Crippen molar-refractivity contribution in [2.24, 2.45) is 0 Å². The van der Waals surface area contributed by atoms with Gasteiger partial charge in [-0.1, -0.05) is 23.7 Å². The molecule has 35 heavy (non-hydrogen) atoms. The molecule has 1 aliphatic rings. The molecule has 3 aromatic heterocycles. The third kappa shape index (κ3) is 4.13. The molecule has 0 spiro atoms. The number of likely N-dealkylation sites (tertiary alicyclic amines) is 1. The fourth-order valence-electron chi connectivity index (χ4n) is 4.00. The van der Waals surface area contributed by atoms with E-state index in [2.05, 4.69) is 4.98 Å². The average Bonchev–Trinajstić information content (AvgIpc) is 3.40. The SMILES string of the molecule is O=C(c1nc2c(C(F)(F)F)cc(-c3ccoc3)cn2c1Cl)N1CC(c2ccc(C(F)(F)F)cc2)C1. The van der Waals surface area contributed by atoms with Crippen LogP contribution in [0.1, 0.15) is 33.1 Å². The summed E-state index contributed by atoms with van der Waals surface area (Å²) in [6.07, 6.45) is -5.29. The molecular formula is C23H14ClF6N3O2. The fraction of sp³-hybridized carbons (Fsp3) is 0.217. The lowest BCUT2D eigenvalue weighted by molar-refractivity contribution is -0.138. The summed E-state index contributed by atoms with van der Waals surface area (Å²) in [5.74, 6) is -0.879. The van der Waals surface area contributed by atoms with Crippen LogP contribution in [0.25, 0.3) is 16.8 Å². The van der Waals surface area contributed by atoms with Crippen molar-refractivity contribution in [1.29, 1.82) is 0 Å². The maximum absolute atomic E-state index is 13.8. The van der Waals surface area contributed by atoms with Crippen LogP contribution in [-0.4, -0.2) is 33.3 Å². The molecule has 0 saturated carbocycles. The Kier molecular flexibility index (Phi) is 5.35. The number of furan rings is 1. The first-order valence-corrected chi connectivity index (χ1v) is 10.6. The van der Waals surface area contributed by atoms with Gasteiger partial charge in [-0.25, -0.2) is 4.98 Å². The maximum Gasteiger partial charge on any atom is 0.420 e. The van der Waals surface area contributed by atoms with Gasteiger partial charge in [0, 0.05) is 36.3 Å². The highest BCUT2D eigenvalue weighted by Gasteiger charge is 2.39. The number of amides is 1. The zero-order chi connectivity index (χ0) is 25.1. The topological polar surface area (TPSA) is 50.8 Å². The van der Waals surface area contributed by atoms with Crippen molar-refractivity contribution < 1.29 is 35.6 Å². The number of carbonyl (C=O) groups is 1. The Morgan fingerprint density at radius 3 is 2.26 bits per heavy atom. The number of alkyl halides is 6. The molecule has 0 aliphatic carbocycles. The van der Waals surface area contributed by atoms with E-state index < -0.39 is 35.0 Å². The molecule has 0 radical (unpaired) electrons. The number of nitrogens with zero attached hydrogens (tertiary/aromatic N) is 3. The predicted molar refractivity (Wildman–Crippen MR) is 113 cm³/mol. The van der Waals surface area contributed by atoms with Gasteiger partial charge in [-0.3, -0.25) is 9.20 Å². The summed E-state index contributed by atoms with van der Waals surface area (Å²) >= 11 is 6.30. The van der Waals surface area contributed by atoms with Crippen LogP contribution in [-0.2, 0) is 12.4 Å². The first kappa shape index (κ1) is 23.3. The van der Waals surface area contributed by atoms with Crippen molar-refractivity contribution in [2.75, 3.05) is 13.1 Å². The number of imidazole rings is 1. The average molecular weight is 514 g/mol. The Hall–Kier alpha value is -3.47. The summed E-state index contributed by atoms with van der Waals surface area (Å²) in [6.45, 7) is 0.335. The minimum atomic E-state index is -4.76. The van der Waals surface area contributed by atoms with E-state index in [0.29, 0.717) is 11.1 Å². The molecule has 1 amide bonds. The number of carbonyl (C=O) groups excluding carboxylic acids is 1. The van der Waals surface area contributed by atoms with Crippen LogP contribution >= 0.6 is 11.6 Å². The largest absolute Gasteiger partial charge is 0.472 e. The second-order valence-electron chi connectivity index (χ2n) is 8.12. The molecule has 182 valence electrons. The molecule has 1 saturated heterocycles. The molecule has 0 N–H and O–H groups in total. The molecule has 0 unspecified atom stereocenters. The Balaban J connectivity index is 1.42. The van der Waals surface area contributed by atoms with E-state index in [9.17, 15) is 31.1 Å². The molecule has 4 aromatic rings. The lowest BCUT2D eigenvalue weighted by Gasteiger charge is -2.39. The molecule has 5 nitrogen and oxygen atoms in total. The number of halogens is 7. The van der Waals surface area contributed by atoms with E-state index in [1.54, 1.807) is 0 Å². The lowest BCUT2D eigenvalue weighted by Crippen LogP contribution is -2.48. The smallest absolute Gasteiger partial charge is 0.420 e. The molecule has 1 aromatic carbocycles. The highest BCUT2D eigenvalue weighted by molar-refractivity contribution is 6.33. The van der Waals surface area contributed by atoms with Gasteiger partial charge in [-0.15, -0.1) is 0 Å². The van der Waals surface area contributed by atoms with E-state index >= 15 is 0 Å². The zero-order valence-corrected chi connectivity index (χ0v) is 18.2. The van der Waals surface area contributed by atoms with Crippen molar-refractivity contribution in [3.63, 3.8) is 0 Å². The monoisotopic (exact) mass is 513 g/mol. The zero-order valence-electron chi connectivity index (χ0n) is 17.5. The van der Waals surface area contributed by atoms with Crippen molar-refractivity contribution in [2.45, 2.75) is 18.3 Å². The minimum Gasteiger partial charge on any atom is -0.472 e. The van der Waals surface area contributed by atoms with Gasteiger partial charge >= 0.3 is 12.4 Å². The Bertz CT molecular complexity index is 1400. The summed E-state index contributed by atoms with van der Waals surface area (Å²) < 4.78 is 85.5. The van der Waals surface area contributed by atoms with Crippen molar-refractivity contribution >= 4 is 23.2 Å². The molecule has 12 heteroatoms. The summed E-state index contributed by atoms with van der Waals surface area (Å²) in [7, 11) is 0. The highest BCUT2D eigenvalue weighted by Crippen LogP contribution is 2.38. The number of rotatable bonds is 3. The van der Waals surface area contributed by atoms with Gasteiger partial charge in [-0.05, 0) is 29.8 Å². The second kappa shape index (κ2) is 8.04. The van der Waals surface area contributed by atoms with E-state index in [4.69, 9.17) is 16.0 Å². The van der Waals surface area contributed by atoms with Crippen LogP contribution in [0, 0.1) is 0 Å². The highest BCUT2D eigenvalue weighted by atomic mass is 35.5. The van der Waals surface area contributed by atoms with Gasteiger partial charge in [0.15, 0.2) is 11.3 Å².